The Labute approximate surface area is 101 Å². The maximum absolute atomic E-state index is 10.1. The Bertz CT molecular complexity index is 406. The quantitative estimate of drug-likeness (QED) is 0.663. The van der Waals surface area contributed by atoms with Gasteiger partial charge in [-0.3, -0.25) is 0 Å². The molecule has 0 aliphatic carbocycles. The number of halogens is 1. The molecule has 6 heteroatoms. The summed E-state index contributed by atoms with van der Waals surface area (Å²) in [5, 5.41) is 11.8. The van der Waals surface area contributed by atoms with Crippen LogP contribution in [0.4, 0.5) is 0 Å². The van der Waals surface area contributed by atoms with Crippen LogP contribution in [0.5, 0.6) is 5.75 Å². The second-order valence-electron chi connectivity index (χ2n) is 2.79. The second-order valence-corrected chi connectivity index (χ2v) is 3.64. The number of rotatable bonds is 5. The molecule has 0 saturated heterocycles. The summed E-state index contributed by atoms with van der Waals surface area (Å²) in [6.07, 6.45) is 1.41. The summed E-state index contributed by atoms with van der Waals surface area (Å²) in [6.45, 7) is -0.460. The maximum Gasteiger partial charge on any atom is 0.344 e. The largest absolute Gasteiger partial charge is 0.497 e. The first-order chi connectivity index (χ1) is 7.63. The molecule has 1 N–H and O–H groups in total. The minimum absolute atomic E-state index is 0.460. The van der Waals surface area contributed by atoms with Crippen LogP contribution in [0.1, 0.15) is 5.56 Å². The molecule has 0 heterocycles. The Kier molecular flexibility index (Phi) is 4.78. The standard InChI is InChI=1S/C10H10BrNO4/c1-15-8-2-3-9(11)7(4-8)5-12-16-6-10(13)14/h2-5H,6H2,1H3,(H,13,14)/b12-5+. The third-order valence-electron chi connectivity index (χ3n) is 1.66. The van der Waals surface area contributed by atoms with Gasteiger partial charge in [0.15, 0.2) is 0 Å². The first-order valence-corrected chi connectivity index (χ1v) is 5.13. The highest BCUT2D eigenvalue weighted by Gasteiger charge is 2.00. The number of methoxy groups -OCH3 is 1. The number of nitrogens with zero attached hydrogens (tertiary/aromatic N) is 1. The van der Waals surface area contributed by atoms with Crippen molar-refractivity contribution in [3.05, 3.63) is 28.2 Å². The molecule has 16 heavy (non-hydrogen) atoms. The lowest BCUT2D eigenvalue weighted by atomic mass is 10.2. The zero-order valence-electron chi connectivity index (χ0n) is 8.51. The Hall–Kier alpha value is -1.56. The summed E-state index contributed by atoms with van der Waals surface area (Å²) < 4.78 is 5.85. The molecular formula is C10H10BrNO4. The molecule has 0 radical (unpaired) electrons. The fourth-order valence-corrected chi connectivity index (χ4v) is 1.28. The second kappa shape index (κ2) is 6.12. The van der Waals surface area contributed by atoms with Gasteiger partial charge in [-0.2, -0.15) is 0 Å². The molecule has 5 nitrogen and oxygen atoms in total. The molecule has 0 amide bonds. The van der Waals surface area contributed by atoms with E-state index in [9.17, 15) is 4.79 Å². The first-order valence-electron chi connectivity index (χ1n) is 4.34. The minimum Gasteiger partial charge on any atom is -0.497 e. The van der Waals surface area contributed by atoms with E-state index in [1.807, 2.05) is 0 Å². The van der Waals surface area contributed by atoms with E-state index in [0.29, 0.717) is 5.75 Å². The summed E-state index contributed by atoms with van der Waals surface area (Å²) in [5.41, 5.74) is 0.740. The van der Waals surface area contributed by atoms with Crippen molar-refractivity contribution in [1.82, 2.24) is 0 Å². The molecule has 0 fully saturated rings. The number of benzene rings is 1. The van der Waals surface area contributed by atoms with E-state index in [4.69, 9.17) is 9.84 Å². The van der Waals surface area contributed by atoms with Crippen molar-refractivity contribution in [2.75, 3.05) is 13.7 Å². The van der Waals surface area contributed by atoms with Gasteiger partial charge >= 0.3 is 5.97 Å². The molecule has 0 unspecified atom stereocenters. The fourth-order valence-electron chi connectivity index (χ4n) is 0.934. The molecule has 0 aliphatic heterocycles. The van der Waals surface area contributed by atoms with Crippen molar-refractivity contribution >= 4 is 28.1 Å². The van der Waals surface area contributed by atoms with Crippen molar-refractivity contribution in [2.24, 2.45) is 5.16 Å². The molecule has 0 saturated carbocycles. The number of oxime groups is 1. The van der Waals surface area contributed by atoms with Gasteiger partial charge in [-0.25, -0.2) is 4.79 Å². The van der Waals surface area contributed by atoms with Crippen LogP contribution in [-0.2, 0) is 9.63 Å². The first kappa shape index (κ1) is 12.5. The van der Waals surface area contributed by atoms with E-state index in [1.54, 1.807) is 25.3 Å². The number of carboxylic acid groups (broad SMARTS) is 1. The number of ether oxygens (including phenoxy) is 1. The third kappa shape index (κ3) is 3.90. The van der Waals surface area contributed by atoms with E-state index in [-0.39, 0.29) is 0 Å². The monoisotopic (exact) mass is 287 g/mol. The zero-order chi connectivity index (χ0) is 12.0. The molecule has 86 valence electrons. The van der Waals surface area contributed by atoms with Crippen LogP contribution < -0.4 is 4.74 Å². The van der Waals surface area contributed by atoms with Gasteiger partial charge in [0.1, 0.15) is 5.75 Å². The van der Waals surface area contributed by atoms with Gasteiger partial charge in [0, 0.05) is 10.0 Å². The van der Waals surface area contributed by atoms with Crippen LogP contribution in [-0.4, -0.2) is 31.0 Å². The average molecular weight is 288 g/mol. The summed E-state index contributed by atoms with van der Waals surface area (Å²) >= 11 is 3.32. The van der Waals surface area contributed by atoms with Gasteiger partial charge < -0.3 is 14.7 Å². The van der Waals surface area contributed by atoms with Crippen molar-refractivity contribution < 1.29 is 19.5 Å². The molecule has 1 rings (SSSR count). The van der Waals surface area contributed by atoms with Gasteiger partial charge in [-0.15, -0.1) is 0 Å². The van der Waals surface area contributed by atoms with E-state index < -0.39 is 12.6 Å². The summed E-state index contributed by atoms with van der Waals surface area (Å²) in [7, 11) is 1.56. The summed E-state index contributed by atoms with van der Waals surface area (Å²) in [6, 6.07) is 5.34. The topological polar surface area (TPSA) is 68.1 Å². The molecule has 0 aromatic heterocycles. The van der Waals surface area contributed by atoms with Crippen LogP contribution in [0.2, 0.25) is 0 Å². The van der Waals surface area contributed by atoms with Crippen LogP contribution in [0.3, 0.4) is 0 Å². The number of hydrogen-bond acceptors (Lipinski definition) is 4. The van der Waals surface area contributed by atoms with E-state index in [2.05, 4.69) is 25.9 Å². The Morgan fingerprint density at radius 1 is 1.62 bits per heavy atom. The predicted molar refractivity (Wildman–Crippen MR) is 61.9 cm³/mol. The van der Waals surface area contributed by atoms with E-state index >= 15 is 0 Å². The van der Waals surface area contributed by atoms with Crippen LogP contribution in [0.25, 0.3) is 0 Å². The molecule has 0 spiro atoms. The number of hydrogen-bond donors (Lipinski definition) is 1. The smallest absolute Gasteiger partial charge is 0.344 e. The molecule has 1 aromatic rings. The number of carbonyl (C=O) groups is 1. The van der Waals surface area contributed by atoms with E-state index in [0.717, 1.165) is 10.0 Å². The summed E-state index contributed by atoms with van der Waals surface area (Å²) in [4.78, 5) is 14.7. The highest BCUT2D eigenvalue weighted by atomic mass is 79.9. The van der Waals surface area contributed by atoms with Gasteiger partial charge in [0.25, 0.3) is 0 Å². The van der Waals surface area contributed by atoms with Gasteiger partial charge in [0.05, 0.1) is 13.3 Å². The van der Waals surface area contributed by atoms with Gasteiger partial charge in [-0.05, 0) is 18.2 Å². The van der Waals surface area contributed by atoms with Crippen molar-refractivity contribution in [2.45, 2.75) is 0 Å². The van der Waals surface area contributed by atoms with Crippen molar-refractivity contribution in [3.63, 3.8) is 0 Å². The minimum atomic E-state index is -1.07. The van der Waals surface area contributed by atoms with Gasteiger partial charge in [-0.1, -0.05) is 21.1 Å². The highest BCUT2D eigenvalue weighted by molar-refractivity contribution is 9.10. The zero-order valence-corrected chi connectivity index (χ0v) is 10.1. The molecule has 1 aromatic carbocycles. The number of carboxylic acids is 1. The molecular weight excluding hydrogens is 278 g/mol. The van der Waals surface area contributed by atoms with Crippen LogP contribution in [0.15, 0.2) is 27.8 Å². The molecule has 0 bridgehead atoms. The van der Waals surface area contributed by atoms with E-state index in [1.165, 1.54) is 6.21 Å². The Morgan fingerprint density at radius 2 is 2.38 bits per heavy atom. The Balaban J connectivity index is 2.68. The van der Waals surface area contributed by atoms with Crippen molar-refractivity contribution in [3.8, 4) is 5.75 Å². The third-order valence-corrected chi connectivity index (χ3v) is 2.38. The number of aliphatic carboxylic acids is 1. The van der Waals surface area contributed by atoms with Crippen LogP contribution >= 0.6 is 15.9 Å². The highest BCUT2D eigenvalue weighted by Crippen LogP contribution is 2.20. The lowest BCUT2D eigenvalue weighted by molar-refractivity contribution is -0.142. The van der Waals surface area contributed by atoms with Crippen molar-refractivity contribution in [1.29, 1.82) is 0 Å². The SMILES string of the molecule is COc1ccc(Br)c(/C=N/OCC(=O)O)c1. The average Bonchev–Trinajstić information content (AvgIpc) is 2.26. The maximum atomic E-state index is 10.1. The Morgan fingerprint density at radius 3 is 3.00 bits per heavy atom. The summed E-state index contributed by atoms with van der Waals surface area (Å²) in [5.74, 6) is -0.384. The normalized spacial score (nSPS) is 10.4. The lowest BCUT2D eigenvalue weighted by Gasteiger charge is -2.02. The fraction of sp³-hybridized carbons (Fsp3) is 0.200. The predicted octanol–water partition coefficient (Wildman–Crippen LogP) is 1.89. The van der Waals surface area contributed by atoms with Gasteiger partial charge in [0.2, 0.25) is 6.61 Å². The molecule has 0 atom stereocenters. The lowest BCUT2D eigenvalue weighted by Crippen LogP contribution is -2.03. The van der Waals surface area contributed by atoms with Crippen LogP contribution in [0, 0.1) is 0 Å². The molecule has 0 aliphatic rings.